The number of urea groups is 1. The van der Waals surface area contributed by atoms with Crippen LogP contribution in [0.1, 0.15) is 17.5 Å². The second-order valence-electron chi connectivity index (χ2n) is 6.41. The number of nitrogen functional groups attached to an aromatic ring is 1. The average Bonchev–Trinajstić information content (AvgIpc) is 3.07. The molecule has 2 amide bonds. The minimum absolute atomic E-state index is 0. The van der Waals surface area contributed by atoms with Gasteiger partial charge in [0.2, 0.25) is 0 Å². The molecule has 0 unspecified atom stereocenters. The molecule has 0 saturated carbocycles. The number of ether oxygens (including phenoxy) is 1. The Morgan fingerprint density at radius 2 is 1.72 bits per heavy atom. The number of methoxy groups -OCH3 is 1. The Labute approximate surface area is 180 Å². The molecule has 0 spiro atoms. The van der Waals surface area contributed by atoms with Gasteiger partial charge in [-0.3, -0.25) is 20.0 Å². The second kappa shape index (κ2) is 9.62. The van der Waals surface area contributed by atoms with Crippen LogP contribution in [0.5, 0.6) is 0 Å². The van der Waals surface area contributed by atoms with Crippen LogP contribution >= 0.6 is 24.0 Å². The van der Waals surface area contributed by atoms with Crippen LogP contribution in [0.3, 0.4) is 0 Å². The number of rotatable bonds is 6. The normalized spacial score (nSPS) is 13.2. The predicted octanol–water partition coefficient (Wildman–Crippen LogP) is 3.60. The highest BCUT2D eigenvalue weighted by Gasteiger charge is 2.31. The van der Waals surface area contributed by atoms with E-state index in [1.165, 1.54) is 7.11 Å². The summed E-state index contributed by atoms with van der Waals surface area (Å²) < 4.78 is 4.65. The Morgan fingerprint density at radius 1 is 1.14 bits per heavy atom. The van der Waals surface area contributed by atoms with E-state index in [-0.39, 0.29) is 30.2 Å². The SMILES string of the molecule is COC(=O)CCc1ccc(N2CCN(c3ccc(C(=N)N)c(Cl)c3)C2=O)cc1.Cl. The zero-order chi connectivity index (χ0) is 20.3. The summed E-state index contributed by atoms with van der Waals surface area (Å²) in [7, 11) is 1.37. The number of benzene rings is 2. The fourth-order valence-electron chi connectivity index (χ4n) is 3.10. The van der Waals surface area contributed by atoms with Crippen molar-refractivity contribution in [3.63, 3.8) is 0 Å². The Bertz CT molecular complexity index is 918. The topological polar surface area (TPSA) is 99.7 Å². The molecule has 7 nitrogen and oxygen atoms in total. The van der Waals surface area contributed by atoms with Gasteiger partial charge in [-0.05, 0) is 42.3 Å². The third-order valence-electron chi connectivity index (χ3n) is 4.66. The molecule has 0 aromatic heterocycles. The first-order valence-electron chi connectivity index (χ1n) is 8.79. The van der Waals surface area contributed by atoms with E-state index in [0.717, 1.165) is 11.3 Å². The van der Waals surface area contributed by atoms with Crippen molar-refractivity contribution in [3.8, 4) is 0 Å². The van der Waals surface area contributed by atoms with E-state index in [1.54, 1.807) is 28.0 Å². The van der Waals surface area contributed by atoms with E-state index >= 15 is 0 Å². The molecule has 9 heteroatoms. The molecule has 0 aliphatic carbocycles. The van der Waals surface area contributed by atoms with E-state index in [9.17, 15) is 9.59 Å². The number of amidine groups is 1. The number of nitrogens with two attached hydrogens (primary N) is 1. The number of halogens is 2. The molecule has 1 heterocycles. The van der Waals surface area contributed by atoms with Gasteiger partial charge in [0.15, 0.2) is 0 Å². The van der Waals surface area contributed by atoms with Crippen LogP contribution in [-0.2, 0) is 16.0 Å². The van der Waals surface area contributed by atoms with Gasteiger partial charge in [0.25, 0.3) is 0 Å². The van der Waals surface area contributed by atoms with Crippen LogP contribution in [0, 0.1) is 5.41 Å². The van der Waals surface area contributed by atoms with Crippen molar-refractivity contribution in [3.05, 3.63) is 58.6 Å². The number of hydrogen-bond acceptors (Lipinski definition) is 4. The Balaban J connectivity index is 0.00000300. The molecule has 2 aromatic rings. The van der Waals surface area contributed by atoms with Crippen molar-refractivity contribution in [2.75, 3.05) is 30.0 Å². The lowest BCUT2D eigenvalue weighted by Crippen LogP contribution is -2.31. The molecular formula is C20H22Cl2N4O3. The second-order valence-corrected chi connectivity index (χ2v) is 6.81. The molecule has 154 valence electrons. The standard InChI is InChI=1S/C20H21ClN4O3.ClH/c1-28-18(26)9-4-13-2-5-14(6-3-13)24-10-11-25(20(24)27)15-7-8-16(19(22)23)17(21)12-15;/h2-3,5-8,12H,4,9-11H2,1H3,(H3,22,23);1H. The van der Waals surface area contributed by atoms with Gasteiger partial charge in [-0.25, -0.2) is 4.79 Å². The lowest BCUT2D eigenvalue weighted by Gasteiger charge is -2.19. The summed E-state index contributed by atoms with van der Waals surface area (Å²) in [6, 6.07) is 12.5. The number of carbonyl (C=O) groups excluding carboxylic acids is 2. The number of nitrogens with zero attached hydrogens (tertiary/aromatic N) is 2. The molecule has 1 fully saturated rings. The molecule has 2 aromatic carbocycles. The molecule has 3 rings (SSSR count). The first-order valence-corrected chi connectivity index (χ1v) is 9.17. The molecular weight excluding hydrogens is 415 g/mol. The number of esters is 1. The molecule has 29 heavy (non-hydrogen) atoms. The van der Waals surface area contributed by atoms with E-state index in [1.807, 2.05) is 24.3 Å². The number of nitrogens with one attached hydrogen (secondary N) is 1. The maximum Gasteiger partial charge on any atom is 0.329 e. The number of hydrogen-bond donors (Lipinski definition) is 2. The summed E-state index contributed by atoms with van der Waals surface area (Å²) in [5, 5.41) is 7.84. The van der Waals surface area contributed by atoms with E-state index in [2.05, 4.69) is 4.74 Å². The van der Waals surface area contributed by atoms with Crippen LogP contribution in [0.2, 0.25) is 5.02 Å². The first-order chi connectivity index (χ1) is 13.4. The zero-order valence-corrected chi connectivity index (χ0v) is 17.4. The van der Waals surface area contributed by atoms with Crippen molar-refractivity contribution >= 4 is 53.2 Å². The minimum atomic E-state index is -0.246. The van der Waals surface area contributed by atoms with Gasteiger partial charge in [0, 0.05) is 36.4 Å². The highest BCUT2D eigenvalue weighted by molar-refractivity contribution is 6.34. The number of carbonyl (C=O) groups is 2. The average molecular weight is 437 g/mol. The molecule has 3 N–H and O–H groups in total. The number of amides is 2. The maximum absolute atomic E-state index is 12.9. The highest BCUT2D eigenvalue weighted by Crippen LogP contribution is 2.29. The third kappa shape index (κ3) is 4.99. The van der Waals surface area contributed by atoms with Gasteiger partial charge < -0.3 is 10.5 Å². The lowest BCUT2D eigenvalue weighted by atomic mass is 10.1. The maximum atomic E-state index is 12.9. The van der Waals surface area contributed by atoms with Gasteiger partial charge in [-0.1, -0.05) is 23.7 Å². The van der Waals surface area contributed by atoms with E-state index in [4.69, 9.17) is 22.7 Å². The van der Waals surface area contributed by atoms with E-state index < -0.39 is 0 Å². The van der Waals surface area contributed by atoms with Crippen molar-refractivity contribution in [1.29, 1.82) is 5.41 Å². The van der Waals surface area contributed by atoms with Gasteiger partial charge in [-0.15, -0.1) is 12.4 Å². The van der Waals surface area contributed by atoms with Crippen LogP contribution in [0.25, 0.3) is 0 Å². The number of aryl methyl sites for hydroxylation is 1. The lowest BCUT2D eigenvalue weighted by molar-refractivity contribution is -0.140. The van der Waals surface area contributed by atoms with Crippen LogP contribution in [0.15, 0.2) is 42.5 Å². The van der Waals surface area contributed by atoms with Crippen LogP contribution < -0.4 is 15.5 Å². The summed E-state index contributed by atoms with van der Waals surface area (Å²) in [4.78, 5) is 27.4. The Kier molecular flexibility index (Phi) is 7.47. The Morgan fingerprint density at radius 3 is 2.28 bits per heavy atom. The molecule has 0 bridgehead atoms. The van der Waals surface area contributed by atoms with Crippen LogP contribution in [0.4, 0.5) is 16.2 Å². The van der Waals surface area contributed by atoms with Gasteiger partial charge in [0.05, 0.1) is 12.1 Å². The summed E-state index contributed by atoms with van der Waals surface area (Å²) in [5.41, 5.74) is 8.39. The van der Waals surface area contributed by atoms with Crippen molar-refractivity contribution in [1.82, 2.24) is 0 Å². The first kappa shape index (κ1) is 22.5. The highest BCUT2D eigenvalue weighted by atomic mass is 35.5. The quantitative estimate of drug-likeness (QED) is 0.410. The van der Waals surface area contributed by atoms with Gasteiger partial charge in [-0.2, -0.15) is 0 Å². The predicted molar refractivity (Wildman–Crippen MR) is 117 cm³/mol. The van der Waals surface area contributed by atoms with Crippen LogP contribution in [-0.4, -0.2) is 38.0 Å². The monoisotopic (exact) mass is 436 g/mol. The number of anilines is 2. The fraction of sp³-hybridized carbons (Fsp3) is 0.250. The largest absolute Gasteiger partial charge is 0.469 e. The minimum Gasteiger partial charge on any atom is -0.469 e. The summed E-state index contributed by atoms with van der Waals surface area (Å²) in [6.45, 7) is 1.07. The van der Waals surface area contributed by atoms with Crippen molar-refractivity contribution < 1.29 is 14.3 Å². The van der Waals surface area contributed by atoms with Gasteiger partial charge >= 0.3 is 12.0 Å². The molecule has 0 radical (unpaired) electrons. The summed E-state index contributed by atoms with van der Waals surface area (Å²) in [6.07, 6.45) is 0.914. The zero-order valence-electron chi connectivity index (χ0n) is 15.9. The molecule has 1 aliphatic rings. The summed E-state index contributed by atoms with van der Waals surface area (Å²) in [5.74, 6) is -0.359. The van der Waals surface area contributed by atoms with E-state index in [0.29, 0.717) is 42.2 Å². The smallest absolute Gasteiger partial charge is 0.329 e. The van der Waals surface area contributed by atoms with Gasteiger partial charge in [0.1, 0.15) is 5.84 Å². The summed E-state index contributed by atoms with van der Waals surface area (Å²) >= 11 is 6.18. The van der Waals surface area contributed by atoms with Crippen molar-refractivity contribution in [2.45, 2.75) is 12.8 Å². The Hall–Kier alpha value is -2.77. The fourth-order valence-corrected chi connectivity index (χ4v) is 3.37. The molecule has 0 atom stereocenters. The molecule has 1 aliphatic heterocycles. The van der Waals surface area contributed by atoms with Crippen molar-refractivity contribution in [2.24, 2.45) is 5.73 Å². The third-order valence-corrected chi connectivity index (χ3v) is 4.97. The molecule has 1 saturated heterocycles.